The molecule has 2 aromatic carbocycles. The molecule has 1 N–H and O–H groups in total. The van der Waals surface area contributed by atoms with Gasteiger partial charge < -0.3 is 10.1 Å². The second-order valence-corrected chi connectivity index (χ2v) is 5.72. The maximum Gasteiger partial charge on any atom is 0.254 e. The van der Waals surface area contributed by atoms with E-state index in [0.717, 1.165) is 18.6 Å². The Balaban J connectivity index is 1.48. The minimum atomic E-state index is -0.513. The van der Waals surface area contributed by atoms with Gasteiger partial charge in [-0.3, -0.25) is 4.79 Å². The number of halogens is 1. The predicted octanol–water partition coefficient (Wildman–Crippen LogP) is 3.51. The Kier molecular flexibility index (Phi) is 4.91. The van der Waals surface area contributed by atoms with Gasteiger partial charge in [-0.25, -0.2) is 4.39 Å². The molecule has 0 radical (unpaired) electrons. The fourth-order valence-electron chi connectivity index (χ4n) is 2.87. The highest BCUT2D eigenvalue weighted by atomic mass is 19.1. The van der Waals surface area contributed by atoms with Crippen LogP contribution in [0.15, 0.2) is 42.5 Å². The lowest BCUT2D eigenvalue weighted by Gasteiger charge is -2.17. The summed E-state index contributed by atoms with van der Waals surface area (Å²) < 4.78 is 19.2. The molecule has 0 fully saturated rings. The first-order chi connectivity index (χ1) is 11.2. The Morgan fingerprint density at radius 2 is 1.87 bits per heavy atom. The first-order valence-electron chi connectivity index (χ1n) is 8.01. The highest BCUT2D eigenvalue weighted by Crippen LogP contribution is 2.25. The topological polar surface area (TPSA) is 38.3 Å². The van der Waals surface area contributed by atoms with Crippen molar-refractivity contribution in [2.24, 2.45) is 0 Å². The number of ether oxygens (including phenoxy) is 1. The quantitative estimate of drug-likeness (QED) is 0.858. The molecule has 3 rings (SSSR count). The number of hydrogen-bond donors (Lipinski definition) is 1. The van der Waals surface area contributed by atoms with Crippen LogP contribution in [0.4, 0.5) is 4.39 Å². The number of carbonyl (C=O) groups is 1. The van der Waals surface area contributed by atoms with Gasteiger partial charge in [-0.2, -0.15) is 0 Å². The molecule has 0 heterocycles. The lowest BCUT2D eigenvalue weighted by atomic mass is 9.92. The van der Waals surface area contributed by atoms with Gasteiger partial charge in [0.05, 0.1) is 12.1 Å². The molecule has 1 amide bonds. The van der Waals surface area contributed by atoms with Gasteiger partial charge in [-0.1, -0.05) is 18.2 Å². The van der Waals surface area contributed by atoms with Gasteiger partial charge in [0.2, 0.25) is 0 Å². The third kappa shape index (κ3) is 3.89. The number of fused-ring (bicyclic) bond motifs is 1. The van der Waals surface area contributed by atoms with Crippen molar-refractivity contribution in [2.75, 3.05) is 13.2 Å². The molecule has 0 atom stereocenters. The molecule has 1 aliphatic carbocycles. The van der Waals surface area contributed by atoms with Crippen LogP contribution in [-0.4, -0.2) is 19.1 Å². The third-order valence-electron chi connectivity index (χ3n) is 4.09. The van der Waals surface area contributed by atoms with Crippen LogP contribution in [-0.2, 0) is 12.8 Å². The van der Waals surface area contributed by atoms with Gasteiger partial charge in [-0.15, -0.1) is 0 Å². The van der Waals surface area contributed by atoms with Crippen molar-refractivity contribution in [3.05, 3.63) is 65.0 Å². The van der Waals surface area contributed by atoms with Crippen LogP contribution in [0.5, 0.6) is 5.75 Å². The zero-order valence-electron chi connectivity index (χ0n) is 13.0. The maximum atomic E-state index is 13.5. The summed E-state index contributed by atoms with van der Waals surface area (Å²) in [5.41, 5.74) is 2.84. The number of aryl methyl sites for hydroxylation is 2. The van der Waals surface area contributed by atoms with Crippen LogP contribution in [0.1, 0.15) is 34.3 Å². The average molecular weight is 313 g/mol. The summed E-state index contributed by atoms with van der Waals surface area (Å²) in [7, 11) is 0. The summed E-state index contributed by atoms with van der Waals surface area (Å²) >= 11 is 0. The van der Waals surface area contributed by atoms with Gasteiger partial charge in [0.25, 0.3) is 5.91 Å². The van der Waals surface area contributed by atoms with E-state index in [4.69, 9.17) is 4.74 Å². The largest absolute Gasteiger partial charge is 0.492 e. The summed E-state index contributed by atoms with van der Waals surface area (Å²) in [4.78, 5) is 11.9. The average Bonchev–Trinajstić information content (AvgIpc) is 2.59. The monoisotopic (exact) mass is 313 g/mol. The van der Waals surface area contributed by atoms with Crippen molar-refractivity contribution in [3.63, 3.8) is 0 Å². The summed E-state index contributed by atoms with van der Waals surface area (Å²) in [5, 5.41) is 2.67. The number of carbonyl (C=O) groups excluding carboxylic acids is 1. The van der Waals surface area contributed by atoms with E-state index in [2.05, 4.69) is 17.4 Å². The van der Waals surface area contributed by atoms with Gasteiger partial charge in [0.1, 0.15) is 18.2 Å². The van der Waals surface area contributed by atoms with Crippen molar-refractivity contribution in [1.29, 1.82) is 0 Å². The lowest BCUT2D eigenvalue weighted by molar-refractivity contribution is 0.0943. The Morgan fingerprint density at radius 3 is 2.70 bits per heavy atom. The maximum absolute atomic E-state index is 13.5. The summed E-state index contributed by atoms with van der Waals surface area (Å²) in [6.45, 7) is 0.698. The second kappa shape index (κ2) is 7.27. The Hall–Kier alpha value is -2.36. The van der Waals surface area contributed by atoms with Gasteiger partial charge in [0.15, 0.2) is 0 Å². The number of benzene rings is 2. The zero-order chi connectivity index (χ0) is 16.1. The first-order valence-corrected chi connectivity index (χ1v) is 8.01. The molecular formula is C19H20FNO2. The van der Waals surface area contributed by atoms with Crippen molar-refractivity contribution in [1.82, 2.24) is 5.32 Å². The molecule has 0 bridgehead atoms. The van der Waals surface area contributed by atoms with Crippen molar-refractivity contribution in [2.45, 2.75) is 25.7 Å². The predicted molar refractivity (Wildman–Crippen MR) is 87.3 cm³/mol. The number of nitrogens with one attached hydrogen (secondary N) is 1. The minimum Gasteiger partial charge on any atom is -0.492 e. The molecule has 23 heavy (non-hydrogen) atoms. The number of hydrogen-bond acceptors (Lipinski definition) is 2. The fourth-order valence-corrected chi connectivity index (χ4v) is 2.87. The molecule has 120 valence electrons. The highest BCUT2D eigenvalue weighted by molar-refractivity contribution is 5.94. The molecule has 3 nitrogen and oxygen atoms in total. The smallest absolute Gasteiger partial charge is 0.254 e. The zero-order valence-corrected chi connectivity index (χ0v) is 13.0. The molecule has 0 aliphatic heterocycles. The molecule has 0 saturated carbocycles. The molecule has 0 aromatic heterocycles. The Morgan fingerprint density at radius 1 is 1.09 bits per heavy atom. The van der Waals surface area contributed by atoms with E-state index in [0.29, 0.717) is 13.2 Å². The van der Waals surface area contributed by atoms with Crippen molar-refractivity contribution in [3.8, 4) is 5.75 Å². The van der Waals surface area contributed by atoms with E-state index in [-0.39, 0.29) is 5.56 Å². The SMILES string of the molecule is O=C(NCCOc1ccc2c(c1)CCCC2)c1ccccc1F. The molecule has 4 heteroatoms. The fraction of sp³-hybridized carbons (Fsp3) is 0.316. The molecule has 0 unspecified atom stereocenters. The number of rotatable bonds is 5. The van der Waals surface area contributed by atoms with Crippen LogP contribution in [0.2, 0.25) is 0 Å². The van der Waals surface area contributed by atoms with Gasteiger partial charge in [-0.05, 0) is 61.1 Å². The van der Waals surface area contributed by atoms with Crippen LogP contribution in [0.3, 0.4) is 0 Å². The molecule has 0 saturated heterocycles. The standard InChI is InChI=1S/C19H20FNO2/c20-18-8-4-3-7-17(18)19(22)21-11-12-23-16-10-9-14-5-1-2-6-15(14)13-16/h3-4,7-10,13H,1-2,5-6,11-12H2,(H,21,22). The number of amides is 1. The van der Waals surface area contributed by atoms with Crippen molar-refractivity contribution >= 4 is 5.91 Å². The van der Waals surface area contributed by atoms with Gasteiger partial charge >= 0.3 is 0 Å². The second-order valence-electron chi connectivity index (χ2n) is 5.72. The molecular weight excluding hydrogens is 293 g/mol. The Labute approximate surface area is 135 Å². The van der Waals surface area contributed by atoms with Crippen LogP contribution in [0.25, 0.3) is 0 Å². The van der Waals surface area contributed by atoms with E-state index in [1.165, 1.54) is 36.1 Å². The summed E-state index contributed by atoms with van der Waals surface area (Å²) in [5.74, 6) is -0.108. The van der Waals surface area contributed by atoms with Crippen LogP contribution in [0, 0.1) is 5.82 Å². The highest BCUT2D eigenvalue weighted by Gasteiger charge is 2.11. The lowest BCUT2D eigenvalue weighted by Crippen LogP contribution is -2.28. The normalized spacial score (nSPS) is 13.3. The summed E-state index contributed by atoms with van der Waals surface area (Å²) in [6.07, 6.45) is 4.75. The summed E-state index contributed by atoms with van der Waals surface area (Å²) in [6, 6.07) is 12.1. The van der Waals surface area contributed by atoms with E-state index in [1.807, 2.05) is 6.07 Å². The van der Waals surface area contributed by atoms with Crippen molar-refractivity contribution < 1.29 is 13.9 Å². The first kappa shape index (κ1) is 15.5. The van der Waals surface area contributed by atoms with E-state index in [9.17, 15) is 9.18 Å². The van der Waals surface area contributed by atoms with Crippen LogP contribution < -0.4 is 10.1 Å². The third-order valence-corrected chi connectivity index (χ3v) is 4.09. The van der Waals surface area contributed by atoms with Gasteiger partial charge in [0, 0.05) is 0 Å². The molecule has 2 aromatic rings. The Bertz CT molecular complexity index is 700. The minimum absolute atomic E-state index is 0.0567. The van der Waals surface area contributed by atoms with E-state index >= 15 is 0 Å². The van der Waals surface area contributed by atoms with E-state index in [1.54, 1.807) is 12.1 Å². The molecule has 0 spiro atoms. The van der Waals surface area contributed by atoms with E-state index < -0.39 is 11.7 Å². The van der Waals surface area contributed by atoms with Crippen LogP contribution >= 0.6 is 0 Å². The molecule has 1 aliphatic rings.